The highest BCUT2D eigenvalue weighted by Gasteiger charge is 2.22. The van der Waals surface area contributed by atoms with Gasteiger partial charge in [-0.25, -0.2) is 0 Å². The minimum atomic E-state index is 0.798. The molecule has 1 aliphatic carbocycles. The van der Waals surface area contributed by atoms with Crippen LogP contribution in [0.3, 0.4) is 0 Å². The molecule has 1 rings (SSSR count). The molecular weight excluding hydrogens is 194 g/mol. The van der Waals surface area contributed by atoms with Crippen LogP contribution in [0.5, 0.6) is 0 Å². The summed E-state index contributed by atoms with van der Waals surface area (Å²) in [6.07, 6.45) is 14.4. The van der Waals surface area contributed by atoms with E-state index < -0.39 is 0 Å². The normalized spacial score (nSPS) is 26.3. The molecule has 0 aliphatic heterocycles. The van der Waals surface area contributed by atoms with Crippen molar-refractivity contribution in [2.24, 2.45) is 5.92 Å². The van der Waals surface area contributed by atoms with Gasteiger partial charge in [0.15, 0.2) is 0 Å². The molecule has 94 valence electrons. The summed E-state index contributed by atoms with van der Waals surface area (Å²) in [5.74, 6) is 0.925. The molecule has 2 unspecified atom stereocenters. The van der Waals surface area contributed by atoms with Crippen LogP contribution in [-0.4, -0.2) is 12.6 Å². The zero-order chi connectivity index (χ0) is 11.6. The fourth-order valence-electron chi connectivity index (χ4n) is 2.85. The monoisotopic (exact) mass is 223 g/mol. The molecule has 0 amide bonds. The molecule has 0 radical (unpaired) electrons. The van der Waals surface area contributed by atoms with Crippen LogP contribution < -0.4 is 5.32 Å². The number of rotatable bonds is 7. The van der Waals surface area contributed by atoms with E-state index in [-0.39, 0.29) is 0 Å². The molecule has 1 N–H and O–H groups in total. The summed E-state index contributed by atoms with van der Waals surface area (Å²) in [5, 5.41) is 3.76. The van der Waals surface area contributed by atoms with Crippen LogP contribution in [0.1, 0.15) is 64.7 Å². The summed E-state index contributed by atoms with van der Waals surface area (Å²) in [4.78, 5) is 0. The number of allylic oxidation sites excluding steroid dienone is 1. The molecule has 1 nitrogen and oxygen atoms in total. The van der Waals surface area contributed by atoms with Crippen LogP contribution >= 0.6 is 0 Å². The molecule has 0 bridgehead atoms. The van der Waals surface area contributed by atoms with E-state index in [0.29, 0.717) is 0 Å². The third-order valence-electron chi connectivity index (χ3n) is 3.80. The minimum Gasteiger partial charge on any atom is -0.314 e. The van der Waals surface area contributed by atoms with Gasteiger partial charge in [-0.1, -0.05) is 32.3 Å². The molecule has 1 aliphatic rings. The molecule has 0 aromatic heterocycles. The van der Waals surface area contributed by atoms with Gasteiger partial charge in [-0.3, -0.25) is 0 Å². The Bertz CT molecular complexity index is 176. The van der Waals surface area contributed by atoms with Crippen molar-refractivity contribution in [2.75, 3.05) is 6.54 Å². The summed E-state index contributed by atoms with van der Waals surface area (Å²) < 4.78 is 0. The second-order valence-corrected chi connectivity index (χ2v) is 5.18. The van der Waals surface area contributed by atoms with Gasteiger partial charge in [-0.05, 0) is 51.0 Å². The van der Waals surface area contributed by atoms with Crippen molar-refractivity contribution in [3.8, 4) is 0 Å². The molecule has 0 aromatic carbocycles. The number of hydrogen-bond acceptors (Lipinski definition) is 1. The van der Waals surface area contributed by atoms with Gasteiger partial charge >= 0.3 is 0 Å². The predicted octanol–water partition coefficient (Wildman–Crippen LogP) is 4.29. The lowest BCUT2D eigenvalue weighted by atomic mass is 9.89. The van der Waals surface area contributed by atoms with Crippen LogP contribution in [0, 0.1) is 5.92 Å². The zero-order valence-electron chi connectivity index (χ0n) is 11.0. The van der Waals surface area contributed by atoms with Crippen LogP contribution in [-0.2, 0) is 0 Å². The Labute approximate surface area is 102 Å². The SMILES string of the molecule is C=CCCCC1CCCCCC1NCCC. The molecule has 0 spiro atoms. The minimum absolute atomic E-state index is 0.798. The average molecular weight is 223 g/mol. The third kappa shape index (κ3) is 5.16. The maximum absolute atomic E-state index is 3.81. The van der Waals surface area contributed by atoms with Crippen molar-refractivity contribution in [2.45, 2.75) is 70.8 Å². The molecule has 1 heteroatoms. The lowest BCUT2D eigenvalue weighted by Gasteiger charge is -2.26. The predicted molar refractivity (Wildman–Crippen MR) is 72.7 cm³/mol. The summed E-state index contributed by atoms with van der Waals surface area (Å²) in [7, 11) is 0. The second-order valence-electron chi connectivity index (χ2n) is 5.18. The van der Waals surface area contributed by atoms with Crippen molar-refractivity contribution in [1.29, 1.82) is 0 Å². The molecular formula is C15H29N. The fourth-order valence-corrected chi connectivity index (χ4v) is 2.85. The number of hydrogen-bond donors (Lipinski definition) is 1. The third-order valence-corrected chi connectivity index (χ3v) is 3.80. The van der Waals surface area contributed by atoms with Gasteiger partial charge in [0.05, 0.1) is 0 Å². The zero-order valence-corrected chi connectivity index (χ0v) is 11.0. The van der Waals surface area contributed by atoms with Crippen molar-refractivity contribution in [3.63, 3.8) is 0 Å². The highest BCUT2D eigenvalue weighted by Crippen LogP contribution is 2.27. The molecule has 1 saturated carbocycles. The maximum Gasteiger partial charge on any atom is 0.00953 e. The van der Waals surface area contributed by atoms with E-state index in [9.17, 15) is 0 Å². The Kier molecular flexibility index (Phi) is 7.58. The largest absolute Gasteiger partial charge is 0.314 e. The Hall–Kier alpha value is -0.300. The van der Waals surface area contributed by atoms with Crippen molar-refractivity contribution in [3.05, 3.63) is 12.7 Å². The van der Waals surface area contributed by atoms with E-state index in [4.69, 9.17) is 0 Å². The Morgan fingerprint density at radius 3 is 2.81 bits per heavy atom. The highest BCUT2D eigenvalue weighted by atomic mass is 14.9. The van der Waals surface area contributed by atoms with Gasteiger partial charge in [-0.15, -0.1) is 6.58 Å². The van der Waals surface area contributed by atoms with Gasteiger partial charge < -0.3 is 5.32 Å². The quantitative estimate of drug-likeness (QED) is 0.386. The van der Waals surface area contributed by atoms with E-state index in [0.717, 1.165) is 12.0 Å². The Morgan fingerprint density at radius 2 is 2.06 bits per heavy atom. The first kappa shape index (κ1) is 13.8. The van der Waals surface area contributed by atoms with E-state index in [1.807, 2.05) is 0 Å². The molecule has 0 heterocycles. The lowest BCUT2D eigenvalue weighted by molar-refractivity contribution is 0.312. The molecule has 1 fully saturated rings. The topological polar surface area (TPSA) is 12.0 Å². The standard InChI is InChI=1S/C15H29N/c1-3-5-7-10-14-11-8-6-9-12-15(14)16-13-4-2/h3,14-16H,1,4-13H2,2H3. The Morgan fingerprint density at radius 1 is 1.25 bits per heavy atom. The van der Waals surface area contributed by atoms with Crippen LogP contribution in [0.15, 0.2) is 12.7 Å². The average Bonchev–Trinajstić information content (AvgIpc) is 2.52. The van der Waals surface area contributed by atoms with Gasteiger partial charge in [-0.2, -0.15) is 0 Å². The summed E-state index contributed by atoms with van der Waals surface area (Å²) >= 11 is 0. The first-order valence-corrected chi connectivity index (χ1v) is 7.22. The molecule has 0 aromatic rings. The van der Waals surface area contributed by atoms with Gasteiger partial charge in [0.25, 0.3) is 0 Å². The summed E-state index contributed by atoms with van der Waals surface area (Å²) in [6.45, 7) is 7.27. The van der Waals surface area contributed by atoms with E-state index >= 15 is 0 Å². The van der Waals surface area contributed by atoms with E-state index in [1.165, 1.54) is 64.3 Å². The summed E-state index contributed by atoms with van der Waals surface area (Å²) in [5.41, 5.74) is 0. The lowest BCUT2D eigenvalue weighted by Crippen LogP contribution is -2.36. The van der Waals surface area contributed by atoms with Crippen LogP contribution in [0.25, 0.3) is 0 Å². The first-order valence-electron chi connectivity index (χ1n) is 7.22. The molecule has 2 atom stereocenters. The van der Waals surface area contributed by atoms with E-state index in [1.54, 1.807) is 0 Å². The van der Waals surface area contributed by atoms with Crippen molar-refractivity contribution in [1.82, 2.24) is 5.32 Å². The second kappa shape index (κ2) is 8.81. The van der Waals surface area contributed by atoms with Gasteiger partial charge in [0, 0.05) is 6.04 Å². The molecule has 0 saturated heterocycles. The maximum atomic E-state index is 3.81. The van der Waals surface area contributed by atoms with Crippen LogP contribution in [0.2, 0.25) is 0 Å². The van der Waals surface area contributed by atoms with Crippen LogP contribution in [0.4, 0.5) is 0 Å². The number of nitrogens with one attached hydrogen (secondary N) is 1. The smallest absolute Gasteiger partial charge is 0.00953 e. The highest BCUT2D eigenvalue weighted by molar-refractivity contribution is 4.80. The summed E-state index contributed by atoms with van der Waals surface area (Å²) in [6, 6.07) is 0.798. The molecule has 16 heavy (non-hydrogen) atoms. The van der Waals surface area contributed by atoms with Gasteiger partial charge in [0.2, 0.25) is 0 Å². The number of unbranched alkanes of at least 4 members (excludes halogenated alkanes) is 1. The Balaban J connectivity index is 2.35. The van der Waals surface area contributed by atoms with Crippen molar-refractivity contribution >= 4 is 0 Å². The first-order chi connectivity index (χ1) is 7.88. The van der Waals surface area contributed by atoms with Gasteiger partial charge in [0.1, 0.15) is 0 Å². The van der Waals surface area contributed by atoms with E-state index in [2.05, 4.69) is 24.9 Å². The fraction of sp³-hybridized carbons (Fsp3) is 0.867. The van der Waals surface area contributed by atoms with Crippen molar-refractivity contribution < 1.29 is 0 Å².